The fourth-order valence-electron chi connectivity index (χ4n) is 4.99. The highest BCUT2D eigenvalue weighted by Crippen LogP contribution is 2.58. The number of fused-ring (bicyclic) bond motifs is 5. The quantitative estimate of drug-likeness (QED) is 0.667. The van der Waals surface area contributed by atoms with E-state index in [1.165, 1.54) is 0 Å². The first-order valence-corrected chi connectivity index (χ1v) is 7.66. The van der Waals surface area contributed by atoms with Crippen LogP contribution in [0.15, 0.2) is 18.2 Å². The van der Waals surface area contributed by atoms with Crippen LogP contribution < -0.4 is 10.7 Å². The Morgan fingerprint density at radius 2 is 1.71 bits per heavy atom. The lowest BCUT2D eigenvalue weighted by Gasteiger charge is -2.21. The molecule has 1 aromatic rings. The predicted octanol–water partition coefficient (Wildman–Crippen LogP) is 2.15. The van der Waals surface area contributed by atoms with Crippen LogP contribution >= 0.6 is 0 Å². The summed E-state index contributed by atoms with van der Waals surface area (Å²) in [5.74, 6) is 6.35. The van der Waals surface area contributed by atoms with Gasteiger partial charge in [0.05, 0.1) is 0 Å². The van der Waals surface area contributed by atoms with Gasteiger partial charge >= 0.3 is 0 Å². The van der Waals surface area contributed by atoms with Crippen LogP contribution in [0.3, 0.4) is 0 Å². The van der Waals surface area contributed by atoms with E-state index in [1.54, 1.807) is 12.1 Å². The lowest BCUT2D eigenvalue weighted by Crippen LogP contribution is -2.24. The molecule has 2 N–H and O–H groups in total. The van der Waals surface area contributed by atoms with Crippen LogP contribution in [-0.2, 0) is 9.59 Å². The number of nitrogens with two attached hydrogens (primary N) is 1. The Hall–Kier alpha value is -1.68. The third-order valence-electron chi connectivity index (χ3n) is 5.83. The number of hydrogen-bond donors (Lipinski definition) is 1. The summed E-state index contributed by atoms with van der Waals surface area (Å²) >= 11 is 0. The average Bonchev–Trinajstić information content (AvgIpc) is 3.14. The van der Waals surface area contributed by atoms with Crippen LogP contribution in [0.25, 0.3) is 0 Å². The number of ketones is 2. The van der Waals surface area contributed by atoms with Crippen molar-refractivity contribution in [1.29, 1.82) is 0 Å². The average molecular weight is 285 g/mol. The van der Waals surface area contributed by atoms with Gasteiger partial charge in [-0.05, 0) is 61.3 Å². The van der Waals surface area contributed by atoms with Gasteiger partial charge in [-0.15, -0.1) is 0 Å². The van der Waals surface area contributed by atoms with Crippen LogP contribution in [0.1, 0.15) is 36.3 Å². The molecule has 0 amide bonds. The number of Topliss-reactive ketones (excluding diaryl/α,β-unsaturated/α-hetero) is 2. The lowest BCUT2D eigenvalue weighted by atomic mass is 9.81. The van der Waals surface area contributed by atoms with Gasteiger partial charge in [0.25, 0.3) is 0 Å². The van der Waals surface area contributed by atoms with E-state index in [0.717, 1.165) is 30.4 Å². The molecule has 0 radical (unpaired) electrons. The molecule has 0 heterocycles. The summed E-state index contributed by atoms with van der Waals surface area (Å²) in [6, 6.07) is 5.34. The Kier molecular flexibility index (Phi) is 2.73. The summed E-state index contributed by atoms with van der Waals surface area (Å²) < 4.78 is 0. The van der Waals surface area contributed by atoms with Gasteiger partial charge in [0, 0.05) is 11.8 Å². The third kappa shape index (κ3) is 1.65. The van der Waals surface area contributed by atoms with Crippen molar-refractivity contribution in [2.24, 2.45) is 29.6 Å². The monoisotopic (exact) mass is 285 g/mol. The minimum Gasteiger partial charge on any atom is -0.412 e. The molecule has 0 aromatic heterocycles. The molecule has 4 unspecified atom stereocenters. The fraction of sp³-hybridized carbons (Fsp3) is 0.529. The number of aryl methyl sites for hydroxylation is 1. The summed E-state index contributed by atoms with van der Waals surface area (Å²) in [6.45, 7) is 1.90. The molecule has 4 atom stereocenters. The van der Waals surface area contributed by atoms with Crippen molar-refractivity contribution >= 4 is 11.6 Å². The van der Waals surface area contributed by atoms with E-state index < -0.39 is 5.92 Å². The molecule has 3 aliphatic rings. The zero-order valence-electron chi connectivity index (χ0n) is 12.0. The smallest absolute Gasteiger partial charge is 0.151 e. The van der Waals surface area contributed by atoms with Crippen LogP contribution in [0, 0.1) is 30.6 Å². The maximum Gasteiger partial charge on any atom is 0.151 e. The lowest BCUT2D eigenvalue weighted by molar-refractivity contribution is -0.125. The van der Waals surface area contributed by atoms with E-state index in [0.29, 0.717) is 17.6 Å². The Morgan fingerprint density at radius 1 is 1.10 bits per heavy atom. The summed E-state index contributed by atoms with van der Waals surface area (Å²) in [6.07, 6.45) is 3.32. The summed E-state index contributed by atoms with van der Waals surface area (Å²) in [4.78, 5) is 30.4. The van der Waals surface area contributed by atoms with Gasteiger partial charge < -0.3 is 4.84 Å². The van der Waals surface area contributed by atoms with Crippen molar-refractivity contribution in [3.8, 4) is 5.75 Å². The molecule has 4 heteroatoms. The van der Waals surface area contributed by atoms with Gasteiger partial charge in [0.2, 0.25) is 0 Å². The van der Waals surface area contributed by atoms with E-state index in [4.69, 9.17) is 10.7 Å². The van der Waals surface area contributed by atoms with E-state index in [2.05, 4.69) is 0 Å². The Balaban J connectivity index is 1.73. The number of carbonyl (C=O) groups is 2. The molecule has 2 bridgehead atoms. The summed E-state index contributed by atoms with van der Waals surface area (Å²) in [5, 5.41) is 0. The Bertz CT molecular complexity index is 611. The third-order valence-corrected chi connectivity index (χ3v) is 5.83. The molecule has 0 saturated heterocycles. The highest BCUT2D eigenvalue weighted by molar-refractivity contribution is 6.16. The number of carbonyl (C=O) groups excluding carboxylic acids is 2. The minimum atomic E-state index is -0.560. The van der Waals surface area contributed by atoms with Crippen molar-refractivity contribution in [3.63, 3.8) is 0 Å². The fourth-order valence-corrected chi connectivity index (χ4v) is 4.99. The van der Waals surface area contributed by atoms with Crippen LogP contribution in [0.5, 0.6) is 5.75 Å². The Labute approximate surface area is 123 Å². The first kappa shape index (κ1) is 13.0. The maximum absolute atomic E-state index is 12.8. The molecular formula is C17H19NO3. The van der Waals surface area contributed by atoms with E-state index >= 15 is 0 Å². The predicted molar refractivity (Wildman–Crippen MR) is 76.6 cm³/mol. The number of benzene rings is 1. The minimum absolute atomic E-state index is 0.00825. The number of rotatable bonds is 2. The van der Waals surface area contributed by atoms with E-state index in [9.17, 15) is 9.59 Å². The molecule has 4 nitrogen and oxygen atoms in total. The maximum atomic E-state index is 12.8. The normalized spacial score (nSPS) is 37.1. The van der Waals surface area contributed by atoms with Crippen LogP contribution in [-0.4, -0.2) is 11.6 Å². The van der Waals surface area contributed by atoms with E-state index in [1.807, 2.05) is 13.0 Å². The second-order valence-electron chi connectivity index (χ2n) is 6.76. The first-order valence-electron chi connectivity index (χ1n) is 7.66. The van der Waals surface area contributed by atoms with Gasteiger partial charge in [0.1, 0.15) is 11.7 Å². The zero-order valence-corrected chi connectivity index (χ0v) is 12.0. The Morgan fingerprint density at radius 3 is 2.24 bits per heavy atom. The highest BCUT2D eigenvalue weighted by Gasteiger charge is 2.61. The molecule has 3 fully saturated rings. The number of hydrogen-bond acceptors (Lipinski definition) is 4. The molecule has 4 rings (SSSR count). The molecule has 0 aliphatic heterocycles. The SMILES string of the molecule is Cc1cc(ON)ccc1C1C(=O)C2C3CCC(C3)C2C1=O. The van der Waals surface area contributed by atoms with Gasteiger partial charge in [0.15, 0.2) is 11.6 Å². The molecule has 110 valence electrons. The van der Waals surface area contributed by atoms with Crippen molar-refractivity contribution in [2.45, 2.75) is 32.1 Å². The topological polar surface area (TPSA) is 69.4 Å². The van der Waals surface area contributed by atoms with Gasteiger partial charge in [-0.2, -0.15) is 5.90 Å². The van der Waals surface area contributed by atoms with Gasteiger partial charge in [-0.25, -0.2) is 0 Å². The molecular weight excluding hydrogens is 266 g/mol. The molecule has 0 spiro atoms. The molecule has 3 saturated carbocycles. The molecule has 3 aliphatic carbocycles. The standard InChI is InChI=1S/C17H19NO3/c1-8-6-11(21-18)4-5-12(8)15-16(19)13-9-2-3-10(7-9)14(13)17(15)20/h4-6,9-10,13-15H,2-3,7,18H2,1H3. The van der Waals surface area contributed by atoms with Crippen molar-refractivity contribution in [3.05, 3.63) is 29.3 Å². The highest BCUT2D eigenvalue weighted by atomic mass is 16.6. The van der Waals surface area contributed by atoms with Crippen LogP contribution in [0.2, 0.25) is 0 Å². The largest absolute Gasteiger partial charge is 0.412 e. The van der Waals surface area contributed by atoms with Crippen molar-refractivity contribution in [1.82, 2.24) is 0 Å². The summed E-state index contributed by atoms with van der Waals surface area (Å²) in [5.41, 5.74) is 1.73. The molecule has 1 aromatic carbocycles. The van der Waals surface area contributed by atoms with Gasteiger partial charge in [-0.3, -0.25) is 9.59 Å². The molecule has 21 heavy (non-hydrogen) atoms. The van der Waals surface area contributed by atoms with Crippen molar-refractivity contribution in [2.75, 3.05) is 0 Å². The second kappa shape index (κ2) is 4.41. The van der Waals surface area contributed by atoms with Crippen LogP contribution in [0.4, 0.5) is 0 Å². The first-order chi connectivity index (χ1) is 10.1. The van der Waals surface area contributed by atoms with Crippen molar-refractivity contribution < 1.29 is 14.4 Å². The zero-order chi connectivity index (χ0) is 14.7. The summed E-state index contributed by atoms with van der Waals surface area (Å²) in [7, 11) is 0. The van der Waals surface area contributed by atoms with E-state index in [-0.39, 0.29) is 23.4 Å². The second-order valence-corrected chi connectivity index (χ2v) is 6.76. The van der Waals surface area contributed by atoms with Gasteiger partial charge in [-0.1, -0.05) is 6.07 Å².